The van der Waals surface area contributed by atoms with Crippen LogP contribution in [0.4, 0.5) is 8.78 Å². The summed E-state index contributed by atoms with van der Waals surface area (Å²) in [5.74, 6) is -0.681. The van der Waals surface area contributed by atoms with Gasteiger partial charge in [0.05, 0.1) is 10.7 Å². The Bertz CT molecular complexity index is 1230. The number of allylic oxidation sites excluding steroid dienone is 1. The van der Waals surface area contributed by atoms with Crippen LogP contribution in [0.25, 0.3) is 22.0 Å². The van der Waals surface area contributed by atoms with E-state index in [1.807, 2.05) is 36.5 Å². The molecule has 0 N–H and O–H groups in total. The molecule has 0 atom stereocenters. The highest BCUT2D eigenvalue weighted by atomic mass is 35.5. The van der Waals surface area contributed by atoms with Crippen LogP contribution in [-0.2, 0) is 19.3 Å². The van der Waals surface area contributed by atoms with E-state index in [0.717, 1.165) is 35.0 Å². The molecule has 3 aromatic carbocycles. The zero-order valence-corrected chi connectivity index (χ0v) is 17.8. The lowest BCUT2D eigenvalue weighted by Crippen LogP contribution is -1.97. The topological polar surface area (TPSA) is 12.9 Å². The van der Waals surface area contributed by atoms with Crippen molar-refractivity contribution in [2.75, 3.05) is 0 Å². The summed E-state index contributed by atoms with van der Waals surface area (Å²) in [5, 5.41) is 1.50. The molecule has 4 heteroatoms. The third-order valence-electron chi connectivity index (χ3n) is 5.46. The van der Waals surface area contributed by atoms with Crippen molar-refractivity contribution in [3.05, 3.63) is 113 Å². The van der Waals surface area contributed by atoms with Crippen LogP contribution in [-0.4, -0.2) is 4.98 Å². The van der Waals surface area contributed by atoms with E-state index in [1.165, 1.54) is 17.7 Å². The fourth-order valence-corrected chi connectivity index (χ4v) is 3.79. The lowest BCUT2D eigenvalue weighted by molar-refractivity contribution is 0.617. The number of rotatable bonds is 7. The maximum absolute atomic E-state index is 15.1. The molecule has 0 aliphatic carbocycles. The summed E-state index contributed by atoms with van der Waals surface area (Å²) in [6.07, 6.45) is 6.64. The SMILES string of the molecule is C=CCCc1ccc(-c2ccc3c(F)c(CCc4ccc(Cl)c(F)c4)ccc3c2)nc1. The number of fused-ring (bicyclic) bond motifs is 1. The summed E-state index contributed by atoms with van der Waals surface area (Å²) < 4.78 is 28.7. The van der Waals surface area contributed by atoms with Crippen LogP contribution in [0.5, 0.6) is 0 Å². The maximum atomic E-state index is 15.1. The molecule has 0 spiro atoms. The molecule has 0 aliphatic heterocycles. The van der Waals surface area contributed by atoms with Gasteiger partial charge >= 0.3 is 0 Å². The van der Waals surface area contributed by atoms with Crippen LogP contribution >= 0.6 is 11.6 Å². The molecule has 1 nitrogen and oxygen atoms in total. The Kier molecular flexibility index (Phi) is 6.43. The highest BCUT2D eigenvalue weighted by molar-refractivity contribution is 6.30. The molecule has 4 rings (SSSR count). The summed E-state index contributed by atoms with van der Waals surface area (Å²) in [6.45, 7) is 3.75. The van der Waals surface area contributed by atoms with Crippen molar-refractivity contribution in [3.8, 4) is 11.3 Å². The van der Waals surface area contributed by atoms with Crippen molar-refractivity contribution in [2.24, 2.45) is 0 Å². The molecule has 4 aromatic rings. The maximum Gasteiger partial charge on any atom is 0.142 e. The predicted octanol–water partition coefficient (Wildman–Crippen LogP) is 7.74. The minimum absolute atomic E-state index is 0.0948. The van der Waals surface area contributed by atoms with E-state index in [-0.39, 0.29) is 10.8 Å². The first-order valence-corrected chi connectivity index (χ1v) is 10.6. The molecular formula is C27H22ClF2N. The van der Waals surface area contributed by atoms with Crippen molar-refractivity contribution in [1.82, 2.24) is 4.98 Å². The fraction of sp³-hybridized carbons (Fsp3) is 0.148. The Labute approximate surface area is 186 Å². The molecule has 0 saturated heterocycles. The van der Waals surface area contributed by atoms with E-state index in [9.17, 15) is 4.39 Å². The van der Waals surface area contributed by atoms with Crippen LogP contribution in [0.3, 0.4) is 0 Å². The minimum atomic E-state index is -0.451. The minimum Gasteiger partial charge on any atom is -0.256 e. The van der Waals surface area contributed by atoms with Crippen molar-refractivity contribution in [2.45, 2.75) is 25.7 Å². The number of pyridine rings is 1. The molecule has 1 aromatic heterocycles. The van der Waals surface area contributed by atoms with Crippen molar-refractivity contribution in [1.29, 1.82) is 0 Å². The van der Waals surface area contributed by atoms with Crippen LogP contribution in [0.1, 0.15) is 23.1 Å². The van der Waals surface area contributed by atoms with Gasteiger partial charge in [-0.2, -0.15) is 0 Å². The van der Waals surface area contributed by atoms with Crippen LogP contribution in [0.2, 0.25) is 5.02 Å². The number of aryl methyl sites for hydroxylation is 3. The van der Waals surface area contributed by atoms with Crippen LogP contribution in [0.15, 0.2) is 79.5 Å². The largest absolute Gasteiger partial charge is 0.256 e. The molecule has 0 amide bonds. The van der Waals surface area contributed by atoms with Gasteiger partial charge in [-0.15, -0.1) is 6.58 Å². The Morgan fingerprint density at radius 1 is 0.871 bits per heavy atom. The normalized spacial score (nSPS) is 11.1. The summed E-state index contributed by atoms with van der Waals surface area (Å²) in [4.78, 5) is 4.56. The molecule has 1 heterocycles. The predicted molar refractivity (Wildman–Crippen MR) is 124 cm³/mol. The second kappa shape index (κ2) is 9.40. The van der Waals surface area contributed by atoms with Crippen molar-refractivity contribution >= 4 is 22.4 Å². The number of hydrogen-bond donors (Lipinski definition) is 0. The summed E-state index contributed by atoms with van der Waals surface area (Å²) >= 11 is 5.73. The second-order valence-corrected chi connectivity index (χ2v) is 8.01. The van der Waals surface area contributed by atoms with Gasteiger partial charge in [-0.1, -0.05) is 54.1 Å². The summed E-state index contributed by atoms with van der Waals surface area (Å²) in [7, 11) is 0. The lowest BCUT2D eigenvalue weighted by Gasteiger charge is -2.09. The van der Waals surface area contributed by atoms with E-state index >= 15 is 4.39 Å². The fourth-order valence-electron chi connectivity index (χ4n) is 3.68. The number of aromatic nitrogens is 1. The Hall–Kier alpha value is -3.04. The molecule has 0 saturated carbocycles. The van der Waals surface area contributed by atoms with E-state index in [4.69, 9.17) is 11.6 Å². The van der Waals surface area contributed by atoms with Crippen molar-refractivity contribution in [3.63, 3.8) is 0 Å². The quantitative estimate of drug-likeness (QED) is 0.271. The number of hydrogen-bond acceptors (Lipinski definition) is 1. The average molecular weight is 434 g/mol. The number of halogens is 3. The first-order valence-electron chi connectivity index (χ1n) is 10.3. The molecule has 0 fully saturated rings. The number of nitrogens with zero attached hydrogens (tertiary/aromatic N) is 1. The first kappa shape index (κ1) is 21.2. The smallest absolute Gasteiger partial charge is 0.142 e. The molecular weight excluding hydrogens is 412 g/mol. The van der Waals surface area contributed by atoms with Gasteiger partial charge < -0.3 is 0 Å². The van der Waals surface area contributed by atoms with E-state index < -0.39 is 5.82 Å². The third-order valence-corrected chi connectivity index (χ3v) is 5.77. The molecule has 0 unspecified atom stereocenters. The first-order chi connectivity index (χ1) is 15.0. The lowest BCUT2D eigenvalue weighted by atomic mass is 9.98. The molecule has 0 radical (unpaired) electrons. The van der Waals surface area contributed by atoms with Gasteiger partial charge in [0.1, 0.15) is 11.6 Å². The van der Waals surface area contributed by atoms with Gasteiger partial charge in [-0.25, -0.2) is 8.78 Å². The third kappa shape index (κ3) is 4.83. The molecule has 156 valence electrons. The van der Waals surface area contributed by atoms with E-state index in [2.05, 4.69) is 17.6 Å². The Morgan fingerprint density at radius 2 is 1.71 bits per heavy atom. The molecule has 0 bridgehead atoms. The average Bonchev–Trinajstić information content (AvgIpc) is 2.79. The standard InChI is InChI=1S/C27H22ClF2N/c1-2-3-4-19-7-14-26(31-17-19)22-11-12-23-21(16-22)10-9-20(27(23)30)8-5-18-6-13-24(28)25(29)15-18/h2,6-7,9-17H,1,3-5,8H2. The summed E-state index contributed by atoms with van der Waals surface area (Å²) in [5.41, 5.74) is 4.38. The van der Waals surface area contributed by atoms with E-state index in [0.29, 0.717) is 23.8 Å². The van der Waals surface area contributed by atoms with Gasteiger partial charge in [0.15, 0.2) is 0 Å². The Morgan fingerprint density at radius 3 is 2.45 bits per heavy atom. The van der Waals surface area contributed by atoms with Gasteiger partial charge in [0.2, 0.25) is 0 Å². The van der Waals surface area contributed by atoms with Gasteiger partial charge in [0, 0.05) is 17.1 Å². The monoisotopic (exact) mass is 433 g/mol. The van der Waals surface area contributed by atoms with Crippen LogP contribution < -0.4 is 0 Å². The zero-order valence-electron chi connectivity index (χ0n) is 17.0. The highest BCUT2D eigenvalue weighted by Crippen LogP contribution is 2.27. The van der Waals surface area contributed by atoms with Crippen LogP contribution in [0, 0.1) is 11.6 Å². The summed E-state index contributed by atoms with van der Waals surface area (Å²) in [6, 6.07) is 18.2. The van der Waals surface area contributed by atoms with Crippen molar-refractivity contribution < 1.29 is 8.78 Å². The second-order valence-electron chi connectivity index (χ2n) is 7.60. The zero-order chi connectivity index (χ0) is 21.8. The van der Waals surface area contributed by atoms with Gasteiger partial charge in [0.25, 0.3) is 0 Å². The molecule has 0 aliphatic rings. The highest BCUT2D eigenvalue weighted by Gasteiger charge is 2.10. The molecule has 31 heavy (non-hydrogen) atoms. The number of benzene rings is 3. The van der Waals surface area contributed by atoms with E-state index in [1.54, 1.807) is 18.2 Å². The van der Waals surface area contributed by atoms with Gasteiger partial charge in [-0.3, -0.25) is 4.98 Å². The van der Waals surface area contributed by atoms with Gasteiger partial charge in [-0.05, 0) is 72.0 Å². The Balaban J connectivity index is 1.54.